The van der Waals surface area contributed by atoms with Crippen molar-refractivity contribution in [1.82, 2.24) is 4.90 Å². The molecule has 3 aromatic carbocycles. The van der Waals surface area contributed by atoms with Gasteiger partial charge < -0.3 is 10.2 Å². The van der Waals surface area contributed by atoms with Crippen LogP contribution in [0.15, 0.2) is 72.8 Å². The maximum atomic E-state index is 14.0. The van der Waals surface area contributed by atoms with Gasteiger partial charge in [-0.25, -0.2) is 4.79 Å². The summed E-state index contributed by atoms with van der Waals surface area (Å²) in [5.41, 5.74) is 5.72. The van der Waals surface area contributed by atoms with E-state index in [1.807, 2.05) is 85.5 Å². The van der Waals surface area contributed by atoms with Crippen molar-refractivity contribution in [3.63, 3.8) is 0 Å². The quantitative estimate of drug-likeness (QED) is 0.599. The minimum atomic E-state index is -1.04. The molecule has 0 aliphatic carbocycles. The van der Waals surface area contributed by atoms with Crippen molar-refractivity contribution in [2.75, 3.05) is 22.5 Å². The molecular formula is C26H25N3O2S. The first-order valence-electron chi connectivity index (χ1n) is 10.8. The van der Waals surface area contributed by atoms with Crippen LogP contribution in [0.2, 0.25) is 0 Å². The Kier molecular flexibility index (Phi) is 5.18. The number of hydrogen-bond acceptors (Lipinski definition) is 3. The number of rotatable bonds is 3. The molecule has 2 heterocycles. The summed E-state index contributed by atoms with van der Waals surface area (Å²) in [5.74, 6) is 0.656. The summed E-state index contributed by atoms with van der Waals surface area (Å²) in [7, 11) is 0. The van der Waals surface area contributed by atoms with E-state index in [1.165, 1.54) is 0 Å². The van der Waals surface area contributed by atoms with Crippen LogP contribution in [0.4, 0.5) is 16.2 Å². The zero-order chi connectivity index (χ0) is 22.3. The van der Waals surface area contributed by atoms with Crippen LogP contribution in [0.25, 0.3) is 0 Å². The summed E-state index contributed by atoms with van der Waals surface area (Å²) in [6.07, 6.45) is 0. The molecule has 3 amide bonds. The molecule has 0 aromatic heterocycles. The molecule has 0 radical (unpaired) electrons. The fraction of sp³-hybridized carbons (Fsp3) is 0.231. The van der Waals surface area contributed by atoms with Gasteiger partial charge >= 0.3 is 6.03 Å². The molecule has 32 heavy (non-hydrogen) atoms. The standard InChI is InChI=1S/C26H25N3O2S/c1-18-7-6-10-21(15-18)27-25(31)29-13-14-32-26(29)22-16-19(2)11-12-23(22)28(24(26)30)17-20-8-4-3-5-9-20/h3-12,15-16H,13-14,17H2,1-2H3,(H,27,31)/t26-/m0/s1. The van der Waals surface area contributed by atoms with E-state index >= 15 is 0 Å². The number of aryl methyl sites for hydroxylation is 2. The Bertz CT molecular complexity index is 1200. The molecule has 1 atom stereocenters. The van der Waals surface area contributed by atoms with Crippen LogP contribution in [-0.2, 0) is 16.2 Å². The van der Waals surface area contributed by atoms with E-state index in [-0.39, 0.29) is 11.9 Å². The van der Waals surface area contributed by atoms with E-state index in [9.17, 15) is 9.59 Å². The number of carbonyl (C=O) groups excluding carboxylic acids is 2. The topological polar surface area (TPSA) is 52.7 Å². The second-order valence-electron chi connectivity index (χ2n) is 8.34. The smallest absolute Gasteiger partial charge is 0.308 e. The SMILES string of the molecule is Cc1cccc(NC(=O)N2CCS[C@@]23C(=O)N(Cc2ccccc2)c2ccc(C)cc23)c1. The Morgan fingerprint density at radius 3 is 2.56 bits per heavy atom. The Labute approximate surface area is 192 Å². The monoisotopic (exact) mass is 443 g/mol. The van der Waals surface area contributed by atoms with E-state index < -0.39 is 4.87 Å². The second-order valence-corrected chi connectivity index (χ2v) is 9.63. The predicted octanol–water partition coefficient (Wildman–Crippen LogP) is 5.28. The average molecular weight is 444 g/mol. The largest absolute Gasteiger partial charge is 0.323 e. The molecule has 162 valence electrons. The minimum Gasteiger partial charge on any atom is -0.308 e. The minimum absolute atomic E-state index is 0.0520. The Morgan fingerprint density at radius 2 is 1.78 bits per heavy atom. The number of anilines is 2. The van der Waals surface area contributed by atoms with Crippen molar-refractivity contribution in [1.29, 1.82) is 0 Å². The zero-order valence-corrected chi connectivity index (χ0v) is 19.0. The Balaban J connectivity index is 1.54. The molecule has 1 spiro atoms. The third kappa shape index (κ3) is 3.35. The molecule has 5 rings (SSSR count). The van der Waals surface area contributed by atoms with Gasteiger partial charge in [0.25, 0.3) is 5.91 Å². The average Bonchev–Trinajstić information content (AvgIpc) is 3.32. The highest BCUT2D eigenvalue weighted by atomic mass is 32.2. The summed E-state index contributed by atoms with van der Waals surface area (Å²) in [5, 5.41) is 3.01. The first kappa shape index (κ1) is 20.6. The zero-order valence-electron chi connectivity index (χ0n) is 18.2. The molecule has 6 heteroatoms. The van der Waals surface area contributed by atoms with Gasteiger partial charge in [0.15, 0.2) is 4.87 Å². The van der Waals surface area contributed by atoms with Crippen LogP contribution in [0.3, 0.4) is 0 Å². The van der Waals surface area contributed by atoms with E-state index in [4.69, 9.17) is 0 Å². The van der Waals surface area contributed by atoms with Crippen molar-refractivity contribution < 1.29 is 9.59 Å². The molecule has 0 unspecified atom stereocenters. The van der Waals surface area contributed by atoms with Crippen molar-refractivity contribution in [2.45, 2.75) is 25.3 Å². The van der Waals surface area contributed by atoms with Gasteiger partial charge in [-0.15, -0.1) is 11.8 Å². The van der Waals surface area contributed by atoms with Crippen LogP contribution in [0.5, 0.6) is 0 Å². The Hall–Kier alpha value is -3.25. The fourth-order valence-corrected chi connectivity index (χ4v) is 6.02. The molecule has 1 fully saturated rings. The number of nitrogens with zero attached hydrogens (tertiary/aromatic N) is 2. The predicted molar refractivity (Wildman–Crippen MR) is 130 cm³/mol. The molecule has 2 aliphatic heterocycles. The van der Waals surface area contributed by atoms with Crippen molar-refractivity contribution in [2.24, 2.45) is 0 Å². The number of thioether (sulfide) groups is 1. The highest BCUT2D eigenvalue weighted by Crippen LogP contribution is 2.54. The number of fused-ring (bicyclic) bond motifs is 2. The molecule has 0 bridgehead atoms. The van der Waals surface area contributed by atoms with Crippen LogP contribution in [0, 0.1) is 13.8 Å². The third-order valence-corrected chi connectivity index (χ3v) is 7.47. The molecule has 0 saturated carbocycles. The molecule has 1 N–H and O–H groups in total. The summed E-state index contributed by atoms with van der Waals surface area (Å²) < 4.78 is 0. The summed E-state index contributed by atoms with van der Waals surface area (Å²) in [4.78, 5) is 29.9. The number of amides is 3. The highest BCUT2D eigenvalue weighted by Gasteiger charge is 2.59. The summed E-state index contributed by atoms with van der Waals surface area (Å²) in [6.45, 7) is 5.00. The molecule has 1 saturated heterocycles. The van der Waals surface area contributed by atoms with Gasteiger partial charge in [-0.2, -0.15) is 0 Å². The van der Waals surface area contributed by atoms with Gasteiger partial charge in [-0.05, 0) is 43.2 Å². The summed E-state index contributed by atoms with van der Waals surface area (Å²) >= 11 is 1.55. The second kappa shape index (κ2) is 8.02. The Morgan fingerprint density at radius 1 is 1.00 bits per heavy atom. The molecule has 3 aromatic rings. The molecular weight excluding hydrogens is 418 g/mol. The van der Waals surface area contributed by atoms with E-state index in [2.05, 4.69) is 11.4 Å². The van der Waals surface area contributed by atoms with E-state index in [0.717, 1.165) is 33.6 Å². The maximum absolute atomic E-state index is 14.0. The highest BCUT2D eigenvalue weighted by molar-refractivity contribution is 8.01. The summed E-state index contributed by atoms with van der Waals surface area (Å²) in [6, 6.07) is 23.5. The first-order chi connectivity index (χ1) is 15.5. The number of nitrogens with one attached hydrogen (secondary N) is 1. The maximum Gasteiger partial charge on any atom is 0.323 e. The number of benzene rings is 3. The molecule has 2 aliphatic rings. The normalized spacial score (nSPS) is 19.5. The van der Waals surface area contributed by atoms with Crippen molar-refractivity contribution in [3.8, 4) is 0 Å². The number of carbonyl (C=O) groups is 2. The van der Waals surface area contributed by atoms with Crippen LogP contribution < -0.4 is 10.2 Å². The lowest BCUT2D eigenvalue weighted by atomic mass is 10.0. The van der Waals surface area contributed by atoms with Gasteiger partial charge in [0.2, 0.25) is 0 Å². The van der Waals surface area contributed by atoms with Crippen LogP contribution in [0.1, 0.15) is 22.3 Å². The van der Waals surface area contributed by atoms with Gasteiger partial charge in [-0.3, -0.25) is 9.69 Å². The fourth-order valence-electron chi connectivity index (χ4n) is 4.57. The van der Waals surface area contributed by atoms with Crippen LogP contribution >= 0.6 is 11.8 Å². The number of urea groups is 1. The van der Waals surface area contributed by atoms with E-state index in [1.54, 1.807) is 16.7 Å². The lowest BCUT2D eigenvalue weighted by molar-refractivity contribution is -0.123. The lowest BCUT2D eigenvalue weighted by Crippen LogP contribution is -2.51. The first-order valence-corrected chi connectivity index (χ1v) is 11.7. The third-order valence-electron chi connectivity index (χ3n) is 6.05. The van der Waals surface area contributed by atoms with Gasteiger partial charge in [0.1, 0.15) is 0 Å². The van der Waals surface area contributed by atoms with Gasteiger partial charge in [0.05, 0.1) is 12.2 Å². The lowest BCUT2D eigenvalue weighted by Gasteiger charge is -2.33. The van der Waals surface area contributed by atoms with Crippen LogP contribution in [-0.4, -0.2) is 29.1 Å². The van der Waals surface area contributed by atoms with E-state index in [0.29, 0.717) is 18.8 Å². The van der Waals surface area contributed by atoms with Crippen molar-refractivity contribution >= 4 is 35.1 Å². The van der Waals surface area contributed by atoms with Crippen molar-refractivity contribution in [3.05, 3.63) is 95.1 Å². The van der Waals surface area contributed by atoms with Gasteiger partial charge in [0, 0.05) is 23.5 Å². The number of hydrogen-bond donors (Lipinski definition) is 1. The molecule has 5 nitrogen and oxygen atoms in total. The van der Waals surface area contributed by atoms with Gasteiger partial charge in [-0.1, -0.05) is 60.2 Å².